The second kappa shape index (κ2) is 5.64. The molecular weight excluding hydrogens is 266 g/mol. The van der Waals surface area contributed by atoms with Crippen LogP contribution < -0.4 is 5.32 Å². The number of carbonyl (C=O) groups excluding carboxylic acids is 2. The highest BCUT2D eigenvalue weighted by atomic mass is 16.2. The molecule has 2 heterocycles. The fourth-order valence-corrected chi connectivity index (χ4v) is 3.26. The highest BCUT2D eigenvalue weighted by molar-refractivity contribution is 5.99. The largest absolute Gasteiger partial charge is 0.356 e. The molecule has 0 spiro atoms. The van der Waals surface area contributed by atoms with Crippen LogP contribution in [-0.4, -0.2) is 47.3 Å². The number of hydrogen-bond acceptors (Lipinski definition) is 3. The first kappa shape index (κ1) is 14.3. The van der Waals surface area contributed by atoms with Gasteiger partial charge in [0.25, 0.3) is 5.91 Å². The van der Waals surface area contributed by atoms with E-state index >= 15 is 0 Å². The monoisotopic (exact) mass is 289 g/mol. The molecule has 1 saturated heterocycles. The number of aldehydes is 1. The summed E-state index contributed by atoms with van der Waals surface area (Å²) in [5.74, 6) is 0.0643. The minimum Gasteiger partial charge on any atom is -0.356 e. The van der Waals surface area contributed by atoms with Crippen molar-refractivity contribution in [3.05, 3.63) is 22.5 Å². The van der Waals surface area contributed by atoms with Crippen LogP contribution in [0.3, 0.4) is 0 Å². The lowest BCUT2D eigenvalue weighted by Gasteiger charge is -2.25. The summed E-state index contributed by atoms with van der Waals surface area (Å²) in [6.07, 6.45) is 5.44. The number of likely N-dealkylation sites (tertiary alicyclic amines) is 1. The number of hydrogen-bond donors (Lipinski definition) is 2. The van der Waals surface area contributed by atoms with Crippen molar-refractivity contribution in [3.63, 3.8) is 0 Å². The first-order valence-electron chi connectivity index (χ1n) is 7.80. The number of aromatic nitrogens is 1. The average molecular weight is 289 g/mol. The SMILES string of the molecule is Cc1[nH]c(C=O)c(C)c1C(=O)N1CCCC1CNC1CC1. The molecule has 0 aromatic carbocycles. The van der Waals surface area contributed by atoms with E-state index in [1.54, 1.807) is 0 Å². The van der Waals surface area contributed by atoms with Crippen molar-refractivity contribution < 1.29 is 9.59 Å². The molecule has 1 aliphatic heterocycles. The third kappa shape index (κ3) is 2.75. The summed E-state index contributed by atoms with van der Waals surface area (Å²) in [5, 5.41) is 3.52. The van der Waals surface area contributed by atoms with Gasteiger partial charge >= 0.3 is 0 Å². The van der Waals surface area contributed by atoms with Crippen molar-refractivity contribution in [2.24, 2.45) is 0 Å². The quantitative estimate of drug-likeness (QED) is 0.812. The Balaban J connectivity index is 1.76. The van der Waals surface area contributed by atoms with Gasteiger partial charge in [-0.3, -0.25) is 9.59 Å². The molecule has 114 valence electrons. The second-order valence-electron chi connectivity index (χ2n) is 6.26. The van der Waals surface area contributed by atoms with Crippen LogP contribution in [-0.2, 0) is 0 Å². The molecule has 2 aliphatic rings. The van der Waals surface area contributed by atoms with Crippen molar-refractivity contribution in [1.29, 1.82) is 0 Å². The molecule has 1 aromatic heterocycles. The van der Waals surface area contributed by atoms with Crippen LogP contribution >= 0.6 is 0 Å². The number of nitrogens with zero attached hydrogens (tertiary/aromatic N) is 1. The molecule has 1 aromatic rings. The molecule has 5 nitrogen and oxygen atoms in total. The molecule has 1 atom stereocenters. The molecule has 0 bridgehead atoms. The zero-order valence-electron chi connectivity index (χ0n) is 12.7. The highest BCUT2D eigenvalue weighted by Crippen LogP contribution is 2.25. The average Bonchev–Trinajstić information content (AvgIpc) is 3.10. The van der Waals surface area contributed by atoms with Crippen molar-refractivity contribution in [2.45, 2.75) is 51.6 Å². The maximum Gasteiger partial charge on any atom is 0.256 e. The summed E-state index contributed by atoms with van der Waals surface area (Å²) in [5.41, 5.74) is 2.76. The van der Waals surface area contributed by atoms with E-state index in [2.05, 4.69) is 10.3 Å². The molecule has 21 heavy (non-hydrogen) atoms. The maximum atomic E-state index is 12.9. The molecule has 1 saturated carbocycles. The van der Waals surface area contributed by atoms with E-state index in [4.69, 9.17) is 0 Å². The first-order chi connectivity index (χ1) is 10.1. The van der Waals surface area contributed by atoms with Crippen molar-refractivity contribution >= 4 is 12.2 Å². The Morgan fingerprint density at radius 3 is 2.76 bits per heavy atom. The lowest BCUT2D eigenvalue weighted by atomic mass is 10.1. The number of nitrogens with one attached hydrogen (secondary N) is 2. The van der Waals surface area contributed by atoms with Crippen LogP contribution in [0.25, 0.3) is 0 Å². The summed E-state index contributed by atoms with van der Waals surface area (Å²) < 4.78 is 0. The van der Waals surface area contributed by atoms with Gasteiger partial charge in [0.15, 0.2) is 6.29 Å². The number of aromatic amines is 1. The number of H-pyrrole nitrogens is 1. The minimum absolute atomic E-state index is 0.0643. The van der Waals surface area contributed by atoms with Crippen LogP contribution in [0.15, 0.2) is 0 Å². The number of rotatable bonds is 5. The fraction of sp³-hybridized carbons (Fsp3) is 0.625. The van der Waals surface area contributed by atoms with E-state index in [1.807, 2.05) is 18.7 Å². The predicted molar refractivity (Wildman–Crippen MR) is 80.7 cm³/mol. The summed E-state index contributed by atoms with van der Waals surface area (Å²) in [6, 6.07) is 0.950. The van der Waals surface area contributed by atoms with Gasteiger partial charge < -0.3 is 15.2 Å². The number of aryl methyl sites for hydroxylation is 1. The molecular formula is C16H23N3O2. The Hall–Kier alpha value is -1.62. The normalized spacial score (nSPS) is 21.8. The van der Waals surface area contributed by atoms with Crippen molar-refractivity contribution in [3.8, 4) is 0 Å². The van der Waals surface area contributed by atoms with Crippen LogP contribution in [0.4, 0.5) is 0 Å². The Kier molecular flexibility index (Phi) is 3.85. The van der Waals surface area contributed by atoms with Crippen molar-refractivity contribution in [1.82, 2.24) is 15.2 Å². The van der Waals surface area contributed by atoms with E-state index in [0.717, 1.165) is 43.5 Å². The zero-order valence-corrected chi connectivity index (χ0v) is 12.7. The van der Waals surface area contributed by atoms with E-state index in [-0.39, 0.29) is 11.9 Å². The van der Waals surface area contributed by atoms with Gasteiger partial charge in [-0.1, -0.05) is 0 Å². The summed E-state index contributed by atoms with van der Waals surface area (Å²) in [6.45, 7) is 5.41. The lowest BCUT2D eigenvalue weighted by molar-refractivity contribution is 0.0734. The molecule has 2 N–H and O–H groups in total. The Morgan fingerprint density at radius 1 is 1.38 bits per heavy atom. The van der Waals surface area contributed by atoms with Gasteiger partial charge in [-0.25, -0.2) is 0 Å². The first-order valence-corrected chi connectivity index (χ1v) is 7.80. The molecule has 1 amide bonds. The predicted octanol–water partition coefficient (Wildman–Crippen LogP) is 1.80. The third-order valence-electron chi connectivity index (χ3n) is 4.67. The van der Waals surface area contributed by atoms with Crippen LogP contribution in [0.5, 0.6) is 0 Å². The third-order valence-corrected chi connectivity index (χ3v) is 4.67. The molecule has 1 unspecified atom stereocenters. The van der Waals surface area contributed by atoms with Crippen molar-refractivity contribution in [2.75, 3.05) is 13.1 Å². The van der Waals surface area contributed by atoms with E-state index in [0.29, 0.717) is 17.3 Å². The minimum atomic E-state index is 0.0643. The van der Waals surface area contributed by atoms with Gasteiger partial charge in [0.05, 0.1) is 11.3 Å². The molecule has 1 aliphatic carbocycles. The van der Waals surface area contributed by atoms with E-state index in [1.165, 1.54) is 12.8 Å². The van der Waals surface area contributed by atoms with Gasteiger partial charge in [0.1, 0.15) is 0 Å². The number of amides is 1. The summed E-state index contributed by atoms with van der Waals surface area (Å²) >= 11 is 0. The second-order valence-corrected chi connectivity index (χ2v) is 6.26. The molecule has 2 fully saturated rings. The standard InChI is InChI=1S/C16H23N3O2/c1-10-14(9-20)18-11(2)15(10)16(21)19-7-3-4-13(19)8-17-12-5-6-12/h9,12-13,17-18H,3-8H2,1-2H3. The Labute approximate surface area is 125 Å². The van der Waals surface area contributed by atoms with E-state index in [9.17, 15) is 9.59 Å². The highest BCUT2D eigenvalue weighted by Gasteiger charge is 2.33. The fourth-order valence-electron chi connectivity index (χ4n) is 3.26. The van der Waals surface area contributed by atoms with Gasteiger partial charge in [-0.15, -0.1) is 0 Å². The topological polar surface area (TPSA) is 65.2 Å². The number of carbonyl (C=O) groups is 2. The van der Waals surface area contributed by atoms with E-state index < -0.39 is 0 Å². The smallest absolute Gasteiger partial charge is 0.256 e. The molecule has 5 heteroatoms. The van der Waals surface area contributed by atoms with Crippen LogP contribution in [0.1, 0.15) is 57.8 Å². The van der Waals surface area contributed by atoms with Gasteiger partial charge in [0.2, 0.25) is 0 Å². The van der Waals surface area contributed by atoms with Crippen LogP contribution in [0, 0.1) is 13.8 Å². The molecule has 3 rings (SSSR count). The Morgan fingerprint density at radius 2 is 2.14 bits per heavy atom. The molecule has 0 radical (unpaired) electrons. The summed E-state index contributed by atoms with van der Waals surface area (Å²) in [7, 11) is 0. The summed E-state index contributed by atoms with van der Waals surface area (Å²) in [4.78, 5) is 28.9. The Bertz CT molecular complexity index is 560. The van der Waals surface area contributed by atoms with Gasteiger partial charge in [-0.05, 0) is 45.1 Å². The lowest BCUT2D eigenvalue weighted by Crippen LogP contribution is -2.42. The van der Waals surface area contributed by atoms with Gasteiger partial charge in [0, 0.05) is 30.9 Å². The maximum absolute atomic E-state index is 12.9. The zero-order chi connectivity index (χ0) is 15.0. The van der Waals surface area contributed by atoms with Crippen LogP contribution in [0.2, 0.25) is 0 Å². The van der Waals surface area contributed by atoms with Gasteiger partial charge in [-0.2, -0.15) is 0 Å².